The summed E-state index contributed by atoms with van der Waals surface area (Å²) in [6.45, 7) is 4.99. The molecule has 2 aromatic heterocycles. The number of benzene rings is 2. The number of nitrogens with zero attached hydrogens (tertiary/aromatic N) is 5. The number of carbonyl (C=O) groups excluding carboxylic acids is 1. The minimum atomic E-state index is 0.0276. The molecule has 4 aromatic rings. The Kier molecular flexibility index (Phi) is 5.42. The number of anilines is 1. The van der Waals surface area contributed by atoms with Crippen molar-refractivity contribution in [3.05, 3.63) is 96.4 Å². The van der Waals surface area contributed by atoms with Gasteiger partial charge in [-0.25, -0.2) is 4.68 Å². The number of para-hydroxylation sites is 1. The molecular formula is C26H25N5O. The van der Waals surface area contributed by atoms with Crippen LogP contribution in [0.25, 0.3) is 16.9 Å². The third kappa shape index (κ3) is 3.87. The van der Waals surface area contributed by atoms with E-state index in [9.17, 15) is 4.79 Å². The van der Waals surface area contributed by atoms with E-state index in [0.717, 1.165) is 41.3 Å². The van der Waals surface area contributed by atoms with Crippen LogP contribution in [0, 0.1) is 6.92 Å². The molecule has 5 rings (SSSR count). The van der Waals surface area contributed by atoms with Gasteiger partial charge < -0.3 is 9.80 Å². The van der Waals surface area contributed by atoms with E-state index in [4.69, 9.17) is 5.10 Å². The minimum Gasteiger partial charge on any atom is -0.368 e. The molecule has 6 heteroatoms. The summed E-state index contributed by atoms with van der Waals surface area (Å²) in [6, 6.07) is 22.0. The average Bonchev–Trinajstić information content (AvgIpc) is 3.30. The fraction of sp³-hybridized carbons (Fsp3) is 0.192. The van der Waals surface area contributed by atoms with Crippen LogP contribution in [-0.4, -0.2) is 51.8 Å². The molecule has 32 heavy (non-hydrogen) atoms. The van der Waals surface area contributed by atoms with Crippen molar-refractivity contribution in [2.24, 2.45) is 0 Å². The van der Waals surface area contributed by atoms with E-state index in [-0.39, 0.29) is 5.91 Å². The Balaban J connectivity index is 1.45. The van der Waals surface area contributed by atoms with E-state index >= 15 is 0 Å². The van der Waals surface area contributed by atoms with Crippen LogP contribution < -0.4 is 4.90 Å². The highest BCUT2D eigenvalue weighted by Gasteiger charge is 2.27. The lowest BCUT2D eigenvalue weighted by atomic mass is 10.0. The van der Waals surface area contributed by atoms with E-state index in [2.05, 4.69) is 22.9 Å². The maximum Gasteiger partial charge on any atom is 0.257 e. The van der Waals surface area contributed by atoms with Gasteiger partial charge in [0.1, 0.15) is 5.69 Å². The first-order valence-electron chi connectivity index (χ1n) is 10.9. The third-order valence-electron chi connectivity index (χ3n) is 5.96. The summed E-state index contributed by atoms with van der Waals surface area (Å²) in [6.07, 6.45) is 5.48. The van der Waals surface area contributed by atoms with Crippen molar-refractivity contribution in [3.8, 4) is 16.9 Å². The normalized spacial score (nSPS) is 13.9. The quantitative estimate of drug-likeness (QED) is 0.494. The molecule has 2 aromatic carbocycles. The van der Waals surface area contributed by atoms with Crippen LogP contribution in [0.15, 0.2) is 85.3 Å². The average molecular weight is 424 g/mol. The number of piperazine rings is 1. The number of hydrogen-bond acceptors (Lipinski definition) is 4. The van der Waals surface area contributed by atoms with Crippen molar-refractivity contribution in [3.63, 3.8) is 0 Å². The number of carbonyl (C=O) groups is 1. The molecule has 0 spiro atoms. The smallest absolute Gasteiger partial charge is 0.257 e. The molecule has 0 radical (unpaired) electrons. The second kappa shape index (κ2) is 8.67. The summed E-state index contributed by atoms with van der Waals surface area (Å²) >= 11 is 0. The lowest BCUT2D eigenvalue weighted by Crippen LogP contribution is -2.48. The molecule has 160 valence electrons. The van der Waals surface area contributed by atoms with Gasteiger partial charge in [0.2, 0.25) is 0 Å². The van der Waals surface area contributed by atoms with E-state index in [1.165, 1.54) is 0 Å². The fourth-order valence-corrected chi connectivity index (χ4v) is 4.17. The Labute approximate surface area is 187 Å². The second-order valence-electron chi connectivity index (χ2n) is 7.97. The van der Waals surface area contributed by atoms with Crippen molar-refractivity contribution >= 4 is 11.6 Å². The van der Waals surface area contributed by atoms with Crippen molar-refractivity contribution in [1.29, 1.82) is 0 Å². The fourth-order valence-electron chi connectivity index (χ4n) is 4.17. The van der Waals surface area contributed by atoms with Crippen LogP contribution in [0.4, 0.5) is 5.69 Å². The van der Waals surface area contributed by atoms with E-state index < -0.39 is 0 Å². The van der Waals surface area contributed by atoms with Crippen LogP contribution in [0.2, 0.25) is 0 Å². The van der Waals surface area contributed by atoms with E-state index in [1.54, 1.807) is 12.4 Å². The summed E-state index contributed by atoms with van der Waals surface area (Å²) in [5.41, 5.74) is 5.53. The van der Waals surface area contributed by atoms with Gasteiger partial charge in [-0.15, -0.1) is 0 Å². The van der Waals surface area contributed by atoms with Crippen molar-refractivity contribution < 1.29 is 4.79 Å². The Hall–Kier alpha value is -3.93. The first-order chi connectivity index (χ1) is 15.7. The molecule has 0 aliphatic carbocycles. The molecule has 3 heterocycles. The van der Waals surface area contributed by atoms with Crippen molar-refractivity contribution in [2.45, 2.75) is 6.92 Å². The van der Waals surface area contributed by atoms with Crippen molar-refractivity contribution in [2.75, 3.05) is 31.1 Å². The van der Waals surface area contributed by atoms with Crippen LogP contribution in [0.1, 0.15) is 15.9 Å². The first kappa shape index (κ1) is 20.0. The molecule has 0 atom stereocenters. The molecule has 6 nitrogen and oxygen atoms in total. The van der Waals surface area contributed by atoms with Gasteiger partial charge in [-0.1, -0.05) is 42.5 Å². The van der Waals surface area contributed by atoms with Gasteiger partial charge in [-0.3, -0.25) is 9.78 Å². The Morgan fingerprint density at radius 2 is 1.50 bits per heavy atom. The molecule has 1 saturated heterocycles. The maximum absolute atomic E-state index is 13.6. The van der Waals surface area contributed by atoms with Gasteiger partial charge >= 0.3 is 0 Å². The molecule has 1 aliphatic rings. The largest absolute Gasteiger partial charge is 0.368 e. The van der Waals surface area contributed by atoms with Gasteiger partial charge in [-0.2, -0.15) is 5.10 Å². The van der Waals surface area contributed by atoms with E-state index in [1.807, 2.05) is 76.4 Å². The zero-order valence-electron chi connectivity index (χ0n) is 18.1. The van der Waals surface area contributed by atoms with Crippen LogP contribution in [0.3, 0.4) is 0 Å². The Morgan fingerprint density at radius 1 is 0.812 bits per heavy atom. The highest BCUT2D eigenvalue weighted by Crippen LogP contribution is 2.28. The summed E-state index contributed by atoms with van der Waals surface area (Å²) in [5, 5.41) is 4.84. The van der Waals surface area contributed by atoms with Gasteiger partial charge in [-0.05, 0) is 36.8 Å². The highest BCUT2D eigenvalue weighted by molar-refractivity contribution is 6.00. The predicted molar refractivity (Wildman–Crippen MR) is 126 cm³/mol. The SMILES string of the molecule is Cc1ccccc1-c1nn(-c2ccccc2)cc1C(=O)N1CCN(c2ccncc2)CC1. The molecule has 1 fully saturated rings. The maximum atomic E-state index is 13.6. The Bertz CT molecular complexity index is 1210. The molecule has 1 amide bonds. The van der Waals surface area contributed by atoms with Crippen LogP contribution in [-0.2, 0) is 0 Å². The van der Waals surface area contributed by atoms with Gasteiger partial charge in [0.15, 0.2) is 0 Å². The number of aryl methyl sites for hydroxylation is 1. The molecule has 0 saturated carbocycles. The minimum absolute atomic E-state index is 0.0276. The predicted octanol–water partition coefficient (Wildman–Crippen LogP) is 4.21. The number of rotatable bonds is 4. The summed E-state index contributed by atoms with van der Waals surface area (Å²) in [5.74, 6) is 0.0276. The van der Waals surface area contributed by atoms with Crippen molar-refractivity contribution in [1.82, 2.24) is 19.7 Å². The standard InChI is InChI=1S/C26H25N5O/c1-20-7-5-6-10-23(20)25-24(19-31(28-25)22-8-3-2-4-9-22)26(32)30-17-15-29(16-18-30)21-11-13-27-14-12-21/h2-14,19H,15-18H2,1H3. The molecule has 0 bridgehead atoms. The third-order valence-corrected chi connectivity index (χ3v) is 5.96. The van der Waals surface area contributed by atoms with Crippen LogP contribution in [0.5, 0.6) is 0 Å². The summed E-state index contributed by atoms with van der Waals surface area (Å²) in [7, 11) is 0. The summed E-state index contributed by atoms with van der Waals surface area (Å²) in [4.78, 5) is 22.0. The first-order valence-corrected chi connectivity index (χ1v) is 10.9. The van der Waals surface area contributed by atoms with E-state index in [0.29, 0.717) is 18.7 Å². The molecule has 0 N–H and O–H groups in total. The number of pyridine rings is 1. The molecule has 0 unspecified atom stereocenters. The second-order valence-corrected chi connectivity index (χ2v) is 7.97. The van der Waals surface area contributed by atoms with Gasteiger partial charge in [0.05, 0.1) is 11.3 Å². The topological polar surface area (TPSA) is 54.3 Å². The number of amides is 1. The lowest BCUT2D eigenvalue weighted by molar-refractivity contribution is 0.0747. The molecular weight excluding hydrogens is 398 g/mol. The summed E-state index contributed by atoms with van der Waals surface area (Å²) < 4.78 is 1.81. The zero-order chi connectivity index (χ0) is 21.9. The highest BCUT2D eigenvalue weighted by atomic mass is 16.2. The number of aromatic nitrogens is 3. The zero-order valence-corrected chi connectivity index (χ0v) is 18.1. The number of hydrogen-bond donors (Lipinski definition) is 0. The van der Waals surface area contributed by atoms with Crippen LogP contribution >= 0.6 is 0 Å². The molecule has 1 aliphatic heterocycles. The lowest BCUT2D eigenvalue weighted by Gasteiger charge is -2.36. The Morgan fingerprint density at radius 3 is 2.22 bits per heavy atom. The van der Waals surface area contributed by atoms with Gasteiger partial charge in [0.25, 0.3) is 5.91 Å². The van der Waals surface area contributed by atoms with Gasteiger partial charge in [0, 0.05) is 56.0 Å². The monoisotopic (exact) mass is 423 g/mol.